The molecule has 2 aromatic rings. The van der Waals surface area contributed by atoms with E-state index in [2.05, 4.69) is 10.3 Å². The van der Waals surface area contributed by atoms with E-state index in [9.17, 15) is 9.59 Å². The van der Waals surface area contributed by atoms with Crippen molar-refractivity contribution in [2.75, 3.05) is 20.1 Å². The third-order valence-corrected chi connectivity index (χ3v) is 5.13. The standard InChI is InChI=1S/C17H19N3O2S/c1-18-16(22)17-19-13-7-9-20(10-8-14(13)23-17)15(21)11-12-5-3-2-4-6-12/h2-6H,7-11H2,1H3,(H,18,22). The Kier molecular flexibility index (Phi) is 4.71. The van der Waals surface area contributed by atoms with Crippen LogP contribution in [0, 0.1) is 0 Å². The van der Waals surface area contributed by atoms with Crippen molar-refractivity contribution in [3.8, 4) is 0 Å². The van der Waals surface area contributed by atoms with Crippen LogP contribution in [-0.4, -0.2) is 41.8 Å². The summed E-state index contributed by atoms with van der Waals surface area (Å²) >= 11 is 1.44. The lowest BCUT2D eigenvalue weighted by Crippen LogP contribution is -2.34. The lowest BCUT2D eigenvalue weighted by atomic mass is 10.1. The largest absolute Gasteiger partial charge is 0.353 e. The molecule has 120 valence electrons. The number of thiazole rings is 1. The minimum Gasteiger partial charge on any atom is -0.353 e. The van der Waals surface area contributed by atoms with Crippen molar-refractivity contribution >= 4 is 23.2 Å². The Morgan fingerprint density at radius 2 is 1.96 bits per heavy atom. The van der Waals surface area contributed by atoms with Crippen LogP contribution in [0.5, 0.6) is 0 Å². The van der Waals surface area contributed by atoms with Gasteiger partial charge in [-0.1, -0.05) is 30.3 Å². The number of carbonyl (C=O) groups excluding carboxylic acids is 2. The molecule has 0 saturated carbocycles. The number of benzene rings is 1. The van der Waals surface area contributed by atoms with Gasteiger partial charge in [0.05, 0.1) is 12.1 Å². The predicted molar refractivity (Wildman–Crippen MR) is 89.6 cm³/mol. The van der Waals surface area contributed by atoms with Crippen LogP contribution in [0.4, 0.5) is 0 Å². The maximum atomic E-state index is 12.5. The minimum atomic E-state index is -0.139. The number of fused-ring (bicyclic) bond motifs is 1. The molecule has 0 unspecified atom stereocenters. The summed E-state index contributed by atoms with van der Waals surface area (Å²) in [4.78, 5) is 31.6. The molecule has 2 heterocycles. The van der Waals surface area contributed by atoms with E-state index in [1.807, 2.05) is 35.2 Å². The highest BCUT2D eigenvalue weighted by molar-refractivity contribution is 7.13. The molecule has 0 saturated heterocycles. The third-order valence-electron chi connectivity index (χ3n) is 3.98. The normalized spacial score (nSPS) is 14.0. The van der Waals surface area contributed by atoms with E-state index in [-0.39, 0.29) is 11.8 Å². The van der Waals surface area contributed by atoms with E-state index in [1.54, 1.807) is 7.05 Å². The van der Waals surface area contributed by atoms with Gasteiger partial charge < -0.3 is 10.2 Å². The number of aromatic nitrogens is 1. The maximum Gasteiger partial charge on any atom is 0.280 e. The van der Waals surface area contributed by atoms with Crippen LogP contribution in [0.15, 0.2) is 30.3 Å². The average Bonchev–Trinajstić information content (AvgIpc) is 2.88. The zero-order chi connectivity index (χ0) is 16.2. The number of amides is 2. The van der Waals surface area contributed by atoms with Crippen molar-refractivity contribution < 1.29 is 9.59 Å². The summed E-state index contributed by atoms with van der Waals surface area (Å²) in [6.45, 7) is 1.35. The van der Waals surface area contributed by atoms with Crippen molar-refractivity contribution in [1.29, 1.82) is 0 Å². The zero-order valence-corrected chi connectivity index (χ0v) is 13.9. The number of carbonyl (C=O) groups is 2. The molecule has 23 heavy (non-hydrogen) atoms. The number of nitrogens with one attached hydrogen (secondary N) is 1. The van der Waals surface area contributed by atoms with Crippen LogP contribution in [0.2, 0.25) is 0 Å². The molecule has 0 fully saturated rings. The second-order valence-corrected chi connectivity index (χ2v) is 6.59. The summed E-state index contributed by atoms with van der Waals surface area (Å²) in [5.41, 5.74) is 2.00. The summed E-state index contributed by atoms with van der Waals surface area (Å²) in [6, 6.07) is 9.81. The molecule has 0 spiro atoms. The Labute approximate surface area is 139 Å². The SMILES string of the molecule is CNC(=O)c1nc2c(s1)CCN(C(=O)Cc1ccccc1)CC2. The first-order chi connectivity index (χ1) is 11.2. The van der Waals surface area contributed by atoms with E-state index in [4.69, 9.17) is 0 Å². The first kappa shape index (κ1) is 15.7. The maximum absolute atomic E-state index is 12.5. The van der Waals surface area contributed by atoms with Crippen LogP contribution in [-0.2, 0) is 24.1 Å². The fourth-order valence-electron chi connectivity index (χ4n) is 2.70. The molecular weight excluding hydrogens is 310 g/mol. The van der Waals surface area contributed by atoms with E-state index in [1.165, 1.54) is 11.3 Å². The number of hydrogen-bond donors (Lipinski definition) is 1. The molecule has 1 aliphatic rings. The lowest BCUT2D eigenvalue weighted by Gasteiger charge is -2.20. The van der Waals surface area contributed by atoms with Crippen LogP contribution in [0.3, 0.4) is 0 Å². The van der Waals surface area contributed by atoms with Gasteiger partial charge in [-0.25, -0.2) is 4.98 Å². The fraction of sp³-hybridized carbons (Fsp3) is 0.353. The highest BCUT2D eigenvalue weighted by atomic mass is 32.1. The Morgan fingerprint density at radius 3 is 2.70 bits per heavy atom. The van der Waals surface area contributed by atoms with Crippen molar-refractivity contribution in [2.24, 2.45) is 0 Å². The van der Waals surface area contributed by atoms with Gasteiger partial charge in [-0.05, 0) is 5.56 Å². The molecule has 0 aliphatic carbocycles. The van der Waals surface area contributed by atoms with Gasteiger partial charge in [0.2, 0.25) is 5.91 Å². The predicted octanol–water partition coefficient (Wildman–Crippen LogP) is 1.67. The number of nitrogens with zero attached hydrogens (tertiary/aromatic N) is 2. The van der Waals surface area contributed by atoms with Crippen molar-refractivity contribution in [3.05, 3.63) is 51.5 Å². The molecular formula is C17H19N3O2S. The quantitative estimate of drug-likeness (QED) is 0.932. The van der Waals surface area contributed by atoms with E-state index < -0.39 is 0 Å². The molecule has 5 nitrogen and oxygen atoms in total. The van der Waals surface area contributed by atoms with E-state index >= 15 is 0 Å². The van der Waals surface area contributed by atoms with Gasteiger partial charge in [0, 0.05) is 37.9 Å². The van der Waals surface area contributed by atoms with Crippen LogP contribution in [0.25, 0.3) is 0 Å². The van der Waals surface area contributed by atoms with Gasteiger partial charge in [0.1, 0.15) is 0 Å². The van der Waals surface area contributed by atoms with Crippen LogP contribution in [0.1, 0.15) is 25.9 Å². The Bertz CT molecular complexity index is 686. The zero-order valence-electron chi connectivity index (χ0n) is 13.0. The van der Waals surface area contributed by atoms with Gasteiger partial charge in [0.15, 0.2) is 5.01 Å². The molecule has 2 amide bonds. The highest BCUT2D eigenvalue weighted by Gasteiger charge is 2.23. The van der Waals surface area contributed by atoms with Crippen LogP contribution < -0.4 is 5.32 Å². The molecule has 0 atom stereocenters. The molecule has 6 heteroatoms. The lowest BCUT2D eigenvalue weighted by molar-refractivity contribution is -0.130. The number of rotatable bonds is 3. The smallest absolute Gasteiger partial charge is 0.280 e. The highest BCUT2D eigenvalue weighted by Crippen LogP contribution is 2.23. The minimum absolute atomic E-state index is 0.139. The average molecular weight is 329 g/mol. The summed E-state index contributed by atoms with van der Waals surface area (Å²) in [5, 5.41) is 3.12. The summed E-state index contributed by atoms with van der Waals surface area (Å²) in [7, 11) is 1.61. The molecule has 1 aromatic carbocycles. The van der Waals surface area contributed by atoms with Gasteiger partial charge in [-0.3, -0.25) is 9.59 Å². The molecule has 1 aliphatic heterocycles. The van der Waals surface area contributed by atoms with Crippen molar-refractivity contribution in [2.45, 2.75) is 19.3 Å². The second kappa shape index (κ2) is 6.91. The molecule has 1 N–H and O–H groups in total. The van der Waals surface area contributed by atoms with E-state index in [0.29, 0.717) is 30.9 Å². The monoisotopic (exact) mass is 329 g/mol. The number of hydrogen-bond acceptors (Lipinski definition) is 4. The third kappa shape index (κ3) is 3.59. The van der Waals surface area contributed by atoms with Gasteiger partial charge in [-0.2, -0.15) is 0 Å². The van der Waals surface area contributed by atoms with Gasteiger partial charge >= 0.3 is 0 Å². The Balaban J connectivity index is 1.64. The topological polar surface area (TPSA) is 62.3 Å². The summed E-state index contributed by atoms with van der Waals surface area (Å²) in [5.74, 6) is 0.0120. The van der Waals surface area contributed by atoms with E-state index in [0.717, 1.165) is 22.6 Å². The first-order valence-electron chi connectivity index (χ1n) is 7.69. The van der Waals surface area contributed by atoms with Crippen LogP contribution >= 0.6 is 11.3 Å². The van der Waals surface area contributed by atoms with Crippen molar-refractivity contribution in [1.82, 2.24) is 15.2 Å². The second-order valence-electron chi connectivity index (χ2n) is 5.51. The van der Waals surface area contributed by atoms with Gasteiger partial charge in [0.25, 0.3) is 5.91 Å². The molecule has 1 aromatic heterocycles. The molecule has 0 radical (unpaired) electrons. The molecule has 3 rings (SSSR count). The van der Waals surface area contributed by atoms with Crippen molar-refractivity contribution in [3.63, 3.8) is 0 Å². The Hall–Kier alpha value is -2.21. The molecule has 0 bridgehead atoms. The van der Waals surface area contributed by atoms with Gasteiger partial charge in [-0.15, -0.1) is 11.3 Å². The Morgan fingerprint density at radius 1 is 1.22 bits per heavy atom. The summed E-state index contributed by atoms with van der Waals surface area (Å²) in [6.07, 6.45) is 1.92. The fourth-order valence-corrected chi connectivity index (χ4v) is 3.74. The summed E-state index contributed by atoms with van der Waals surface area (Å²) < 4.78 is 0. The first-order valence-corrected chi connectivity index (χ1v) is 8.51.